The summed E-state index contributed by atoms with van der Waals surface area (Å²) in [7, 11) is 5.61. The van der Waals surface area contributed by atoms with Crippen LogP contribution in [0.15, 0.2) is 42.6 Å². The zero-order valence-corrected chi connectivity index (χ0v) is 25.5. The van der Waals surface area contributed by atoms with Gasteiger partial charge in [-0.2, -0.15) is 31.4 Å². The number of carbonyl (C=O) groups excluding carboxylic acids is 1. The van der Waals surface area contributed by atoms with Crippen LogP contribution in [0.2, 0.25) is 0 Å². The smallest absolute Gasteiger partial charge is 0.490 e. The fraction of sp³-hybridized carbons (Fsp3) is 0.379. The molecule has 0 spiro atoms. The van der Waals surface area contributed by atoms with Crippen molar-refractivity contribution < 1.29 is 65.1 Å². The second-order valence-electron chi connectivity index (χ2n) is 10.0. The molecule has 0 bridgehead atoms. The van der Waals surface area contributed by atoms with Crippen molar-refractivity contribution in [1.29, 1.82) is 0 Å². The molecule has 1 aliphatic heterocycles. The average Bonchev–Trinajstić information content (AvgIpc) is 3.42. The number of carboxylic acid groups (broad SMARTS) is 2. The number of aryl methyl sites for hydroxylation is 1. The Hall–Kier alpha value is -5.00. The van der Waals surface area contributed by atoms with Crippen LogP contribution in [0.4, 0.5) is 32.0 Å². The summed E-state index contributed by atoms with van der Waals surface area (Å²) in [6.07, 6.45) is -7.83. The number of aromatic nitrogens is 2. The highest BCUT2D eigenvalue weighted by Gasteiger charge is 2.39. The molecule has 2 heterocycles. The highest BCUT2D eigenvalue weighted by Crippen LogP contribution is 2.36. The maximum atomic E-state index is 13.2. The second-order valence-corrected chi connectivity index (χ2v) is 10.0. The van der Waals surface area contributed by atoms with E-state index in [1.54, 1.807) is 13.3 Å². The zero-order valence-electron chi connectivity index (χ0n) is 25.5. The number of methoxy groups -OCH3 is 1. The Kier molecular flexibility index (Phi) is 13.4. The van der Waals surface area contributed by atoms with E-state index in [0.29, 0.717) is 31.1 Å². The Morgan fingerprint density at radius 2 is 1.66 bits per heavy atom. The number of rotatable bonds is 8. The van der Waals surface area contributed by atoms with Gasteiger partial charge in [0.2, 0.25) is 5.91 Å². The van der Waals surface area contributed by atoms with Crippen molar-refractivity contribution in [2.24, 2.45) is 5.92 Å². The summed E-state index contributed by atoms with van der Waals surface area (Å²) in [5, 5.41) is 24.4. The molecule has 0 saturated carbocycles. The molecule has 258 valence electrons. The van der Waals surface area contributed by atoms with Crippen molar-refractivity contribution in [3.8, 4) is 28.4 Å². The van der Waals surface area contributed by atoms with Crippen molar-refractivity contribution in [3.63, 3.8) is 0 Å². The van der Waals surface area contributed by atoms with E-state index in [2.05, 4.69) is 15.5 Å². The predicted molar refractivity (Wildman–Crippen MR) is 155 cm³/mol. The SMILES string of the molecule is COc1cccc2c1CC(C(=O)Nc1ccc(-c3cn[nH]c3C)cc1OCCN(C)C)CO2.O=C(O)C(F)(F)F.O=C(O)C(F)(F)F. The summed E-state index contributed by atoms with van der Waals surface area (Å²) in [5.74, 6) is -3.84. The van der Waals surface area contributed by atoms with E-state index in [1.807, 2.05) is 62.3 Å². The second kappa shape index (κ2) is 16.5. The third-order valence-electron chi connectivity index (χ3n) is 6.23. The number of nitrogens with one attached hydrogen (secondary N) is 2. The summed E-state index contributed by atoms with van der Waals surface area (Å²) in [4.78, 5) is 33.0. The number of nitrogens with zero attached hydrogens (tertiary/aromatic N) is 2. The van der Waals surface area contributed by atoms with Gasteiger partial charge in [-0.05, 0) is 57.3 Å². The third-order valence-corrected chi connectivity index (χ3v) is 6.23. The standard InChI is InChI=1S/C25H30N4O4.2C2HF3O2/c1-16-20(14-26-28-16)17-8-9-21(24(13-17)32-11-10-29(2)3)27-25(30)18-12-19-22(31-4)6-5-7-23(19)33-15-18;2*3-2(4,5)1(6)7/h5-9,13-14,18H,10-12,15H2,1-4H3,(H,26,28)(H,27,30);2*(H,6,7). The number of benzene rings is 2. The molecule has 1 aromatic heterocycles. The molecule has 0 saturated heterocycles. The molecule has 1 amide bonds. The largest absolute Gasteiger partial charge is 0.496 e. The lowest BCUT2D eigenvalue weighted by Gasteiger charge is -2.26. The van der Waals surface area contributed by atoms with Gasteiger partial charge in [0.25, 0.3) is 0 Å². The lowest BCUT2D eigenvalue weighted by atomic mass is 9.95. The number of carbonyl (C=O) groups is 3. The first-order valence-corrected chi connectivity index (χ1v) is 13.5. The normalized spacial score (nSPS) is 13.9. The monoisotopic (exact) mass is 678 g/mol. The number of fused-ring (bicyclic) bond motifs is 1. The Balaban J connectivity index is 0.000000459. The van der Waals surface area contributed by atoms with Crippen molar-refractivity contribution in [1.82, 2.24) is 15.1 Å². The molecule has 4 rings (SSSR count). The Bertz CT molecular complexity index is 1490. The summed E-state index contributed by atoms with van der Waals surface area (Å²) in [6, 6.07) is 11.5. The number of hydrogen-bond acceptors (Lipinski definition) is 8. The minimum absolute atomic E-state index is 0.115. The van der Waals surface area contributed by atoms with Gasteiger partial charge >= 0.3 is 24.3 Å². The van der Waals surface area contributed by atoms with Gasteiger partial charge in [0.15, 0.2) is 0 Å². The molecule has 47 heavy (non-hydrogen) atoms. The first-order valence-electron chi connectivity index (χ1n) is 13.5. The number of amides is 1. The molecule has 0 aliphatic carbocycles. The number of hydrogen-bond donors (Lipinski definition) is 4. The first kappa shape index (κ1) is 38.2. The van der Waals surface area contributed by atoms with E-state index in [9.17, 15) is 31.1 Å². The minimum atomic E-state index is -5.08. The van der Waals surface area contributed by atoms with Crippen molar-refractivity contribution in [2.75, 3.05) is 46.3 Å². The Labute approximate surface area is 264 Å². The van der Waals surface area contributed by atoms with Gasteiger partial charge in [0.05, 0.1) is 24.9 Å². The quantitative estimate of drug-likeness (QED) is 0.244. The van der Waals surface area contributed by atoms with E-state index >= 15 is 0 Å². The van der Waals surface area contributed by atoms with Gasteiger partial charge in [0.1, 0.15) is 30.5 Å². The van der Waals surface area contributed by atoms with Gasteiger partial charge in [-0.25, -0.2) is 9.59 Å². The molecule has 18 heteroatoms. The van der Waals surface area contributed by atoms with E-state index < -0.39 is 24.3 Å². The minimum Gasteiger partial charge on any atom is -0.496 e. The van der Waals surface area contributed by atoms with Crippen LogP contribution in [0.25, 0.3) is 11.1 Å². The van der Waals surface area contributed by atoms with Crippen molar-refractivity contribution in [2.45, 2.75) is 25.7 Å². The number of ether oxygens (including phenoxy) is 3. The number of likely N-dealkylation sites (N-methyl/N-ethyl adjacent to an activating group) is 1. The van der Waals surface area contributed by atoms with E-state index in [0.717, 1.165) is 40.4 Å². The molecular formula is C29H32F6N4O8. The molecule has 1 aliphatic rings. The van der Waals surface area contributed by atoms with Crippen LogP contribution in [-0.2, 0) is 20.8 Å². The van der Waals surface area contributed by atoms with Crippen LogP contribution in [0.1, 0.15) is 11.3 Å². The van der Waals surface area contributed by atoms with Gasteiger partial charge in [-0.1, -0.05) is 12.1 Å². The van der Waals surface area contributed by atoms with Crippen molar-refractivity contribution >= 4 is 23.5 Å². The summed E-state index contributed by atoms with van der Waals surface area (Å²) in [5.41, 5.74) is 4.49. The molecule has 2 aromatic carbocycles. The number of aromatic amines is 1. The number of carboxylic acids is 2. The number of H-pyrrole nitrogens is 1. The van der Waals surface area contributed by atoms with Gasteiger partial charge in [0, 0.05) is 23.4 Å². The van der Waals surface area contributed by atoms with Gasteiger partial charge < -0.3 is 34.6 Å². The van der Waals surface area contributed by atoms with E-state index in [4.69, 9.17) is 34.0 Å². The molecule has 0 fully saturated rings. The highest BCUT2D eigenvalue weighted by molar-refractivity contribution is 5.95. The third kappa shape index (κ3) is 11.7. The maximum absolute atomic E-state index is 13.2. The van der Waals surface area contributed by atoms with Crippen LogP contribution in [0, 0.1) is 12.8 Å². The zero-order chi connectivity index (χ0) is 35.5. The number of halogens is 6. The number of anilines is 1. The lowest BCUT2D eigenvalue weighted by Crippen LogP contribution is -2.33. The summed E-state index contributed by atoms with van der Waals surface area (Å²) in [6.45, 7) is 3.55. The predicted octanol–water partition coefficient (Wildman–Crippen LogP) is 4.79. The molecule has 1 unspecified atom stereocenters. The molecular weight excluding hydrogens is 646 g/mol. The van der Waals surface area contributed by atoms with Crippen LogP contribution in [-0.4, -0.2) is 96.5 Å². The van der Waals surface area contributed by atoms with Crippen LogP contribution < -0.4 is 19.5 Å². The Morgan fingerprint density at radius 3 is 2.17 bits per heavy atom. The molecule has 12 nitrogen and oxygen atoms in total. The highest BCUT2D eigenvalue weighted by atomic mass is 19.4. The van der Waals surface area contributed by atoms with Crippen LogP contribution in [0.5, 0.6) is 17.2 Å². The first-order chi connectivity index (χ1) is 21.8. The maximum Gasteiger partial charge on any atom is 0.490 e. The van der Waals surface area contributed by atoms with Crippen LogP contribution in [0.3, 0.4) is 0 Å². The molecule has 1 atom stereocenters. The summed E-state index contributed by atoms with van der Waals surface area (Å²) >= 11 is 0. The topological polar surface area (TPSA) is 163 Å². The number of aliphatic carboxylic acids is 2. The van der Waals surface area contributed by atoms with Crippen LogP contribution >= 0.6 is 0 Å². The fourth-order valence-electron chi connectivity index (χ4n) is 3.86. The summed E-state index contributed by atoms with van der Waals surface area (Å²) < 4.78 is 80.9. The lowest BCUT2D eigenvalue weighted by molar-refractivity contribution is -0.193. The van der Waals surface area contributed by atoms with E-state index in [1.165, 1.54) is 0 Å². The van der Waals surface area contributed by atoms with Gasteiger partial charge in [-0.15, -0.1) is 0 Å². The Morgan fingerprint density at radius 1 is 1.04 bits per heavy atom. The van der Waals surface area contributed by atoms with Crippen molar-refractivity contribution in [3.05, 3.63) is 53.9 Å². The fourth-order valence-corrected chi connectivity index (χ4v) is 3.86. The average molecular weight is 679 g/mol. The molecule has 0 radical (unpaired) electrons. The van der Waals surface area contributed by atoms with E-state index in [-0.39, 0.29) is 11.8 Å². The molecule has 3 aromatic rings. The number of alkyl halides is 6. The molecule has 4 N–H and O–H groups in total. The van der Waals surface area contributed by atoms with Gasteiger partial charge in [-0.3, -0.25) is 9.89 Å².